The molecule has 4 aromatic rings. The minimum atomic E-state index is -0.391. The summed E-state index contributed by atoms with van der Waals surface area (Å²) < 4.78 is 15.9. The Hall–Kier alpha value is -3.20. The highest BCUT2D eigenvalue weighted by Crippen LogP contribution is 2.69. The molecule has 0 unspecified atom stereocenters. The summed E-state index contributed by atoms with van der Waals surface area (Å²) >= 11 is 9.05. The van der Waals surface area contributed by atoms with E-state index in [1.54, 1.807) is 36.0 Å². The van der Waals surface area contributed by atoms with E-state index in [1.807, 2.05) is 47.0 Å². The van der Waals surface area contributed by atoms with Gasteiger partial charge in [0, 0.05) is 21.1 Å². The SMILES string of the molecule is O=C1[C@@H]2[C@H]3C[C@@H]([C@@H]2C(=O)N1c1ccc(Cl)cc1)[C@@H]1[C@H](c2ccc(F)cc2)c2sc(=O)n(Cc4ccccc4)c2S[C@H]31. The van der Waals surface area contributed by atoms with Crippen molar-refractivity contribution in [3.05, 3.63) is 115 Å². The fraction of sp³-hybridized carbons (Fsp3) is 0.281. The van der Waals surface area contributed by atoms with Gasteiger partial charge in [0.05, 0.1) is 29.1 Å². The number of hydrogen-bond donors (Lipinski definition) is 0. The van der Waals surface area contributed by atoms with E-state index >= 15 is 0 Å². The monoisotopic (exact) mass is 602 g/mol. The summed E-state index contributed by atoms with van der Waals surface area (Å²) in [7, 11) is 0. The molecule has 4 aliphatic rings. The van der Waals surface area contributed by atoms with Crippen LogP contribution >= 0.6 is 34.7 Å². The Morgan fingerprint density at radius 3 is 2.24 bits per heavy atom. The molecule has 2 saturated carbocycles. The van der Waals surface area contributed by atoms with Gasteiger partial charge in [0.2, 0.25) is 11.8 Å². The van der Waals surface area contributed by atoms with Gasteiger partial charge in [-0.2, -0.15) is 0 Å². The molecule has 2 aliphatic carbocycles. The molecule has 2 bridgehead atoms. The second kappa shape index (κ2) is 9.41. The molecular formula is C32H24ClFN2O3S2. The molecule has 8 rings (SSSR count). The first-order valence-electron chi connectivity index (χ1n) is 13.7. The van der Waals surface area contributed by atoms with Crippen molar-refractivity contribution in [2.75, 3.05) is 4.90 Å². The average Bonchev–Trinajstić information content (AvgIpc) is 3.69. The van der Waals surface area contributed by atoms with Crippen LogP contribution in [0.25, 0.3) is 0 Å². The second-order valence-electron chi connectivity index (χ2n) is 11.4. The molecule has 7 atom stereocenters. The highest BCUT2D eigenvalue weighted by molar-refractivity contribution is 8.00. The van der Waals surface area contributed by atoms with Gasteiger partial charge in [0.15, 0.2) is 0 Å². The maximum absolute atomic E-state index is 14.0. The van der Waals surface area contributed by atoms with Gasteiger partial charge in [-0.15, -0.1) is 11.8 Å². The predicted octanol–water partition coefficient (Wildman–Crippen LogP) is 6.43. The number of carbonyl (C=O) groups excluding carboxylic acids is 2. The highest BCUT2D eigenvalue weighted by atomic mass is 35.5. The third-order valence-electron chi connectivity index (χ3n) is 9.45. The van der Waals surface area contributed by atoms with Gasteiger partial charge in [-0.05, 0) is 71.7 Å². The summed E-state index contributed by atoms with van der Waals surface area (Å²) in [6.07, 6.45) is 0.805. The van der Waals surface area contributed by atoms with E-state index < -0.39 is 5.92 Å². The van der Waals surface area contributed by atoms with Crippen LogP contribution in [-0.4, -0.2) is 21.6 Å². The molecule has 3 aromatic carbocycles. The van der Waals surface area contributed by atoms with Crippen LogP contribution in [0.4, 0.5) is 10.1 Å². The molecule has 3 fully saturated rings. The molecule has 0 N–H and O–H groups in total. The number of nitrogens with zero attached hydrogens (tertiary/aromatic N) is 2. The summed E-state index contributed by atoms with van der Waals surface area (Å²) in [4.78, 5) is 43.5. The number of aromatic nitrogens is 1. The molecule has 1 aromatic heterocycles. The largest absolute Gasteiger partial charge is 0.308 e. The van der Waals surface area contributed by atoms with Crippen molar-refractivity contribution in [3.63, 3.8) is 0 Å². The molecule has 2 aliphatic heterocycles. The number of imide groups is 1. The van der Waals surface area contributed by atoms with Gasteiger partial charge in [0.1, 0.15) is 5.82 Å². The van der Waals surface area contributed by atoms with E-state index in [9.17, 15) is 18.8 Å². The topological polar surface area (TPSA) is 59.4 Å². The van der Waals surface area contributed by atoms with Gasteiger partial charge >= 0.3 is 4.87 Å². The summed E-state index contributed by atoms with van der Waals surface area (Å²) in [6.45, 7) is 0.466. The first kappa shape index (κ1) is 25.5. The lowest BCUT2D eigenvalue weighted by Gasteiger charge is -2.43. The van der Waals surface area contributed by atoms with Crippen LogP contribution in [0, 0.1) is 35.4 Å². The number of hydrogen-bond acceptors (Lipinski definition) is 5. The number of benzene rings is 3. The zero-order valence-corrected chi connectivity index (χ0v) is 24.0. The number of halogens is 2. The lowest BCUT2D eigenvalue weighted by atomic mass is 9.68. The first-order valence-corrected chi connectivity index (χ1v) is 15.8. The summed E-state index contributed by atoms with van der Waals surface area (Å²) in [5.74, 6) is -1.41. The summed E-state index contributed by atoms with van der Waals surface area (Å²) in [5.41, 5.74) is 2.55. The van der Waals surface area contributed by atoms with Gasteiger partial charge in [-0.1, -0.05) is 65.4 Å². The summed E-state index contributed by atoms with van der Waals surface area (Å²) in [5, 5.41) is 1.56. The number of thioether (sulfide) groups is 1. The predicted molar refractivity (Wildman–Crippen MR) is 158 cm³/mol. The van der Waals surface area contributed by atoms with Gasteiger partial charge in [-0.3, -0.25) is 23.9 Å². The number of fused-ring (bicyclic) bond motifs is 9. The molecule has 0 radical (unpaired) electrons. The molecule has 9 heteroatoms. The minimum Gasteiger partial charge on any atom is -0.289 e. The number of carbonyl (C=O) groups is 2. The highest BCUT2D eigenvalue weighted by Gasteiger charge is 2.69. The molecule has 1 saturated heterocycles. The van der Waals surface area contributed by atoms with Crippen LogP contribution in [0.3, 0.4) is 0 Å². The van der Waals surface area contributed by atoms with Crippen LogP contribution in [0.2, 0.25) is 5.02 Å². The second-order valence-corrected chi connectivity index (χ2v) is 14.0. The quantitative estimate of drug-likeness (QED) is 0.253. The zero-order valence-electron chi connectivity index (χ0n) is 21.7. The van der Waals surface area contributed by atoms with Crippen LogP contribution in [0.1, 0.15) is 28.3 Å². The maximum Gasteiger partial charge on any atom is 0.308 e. The minimum absolute atomic E-state index is 0.000714. The van der Waals surface area contributed by atoms with Gasteiger partial charge in [-0.25, -0.2) is 4.39 Å². The van der Waals surface area contributed by atoms with E-state index in [2.05, 4.69) is 0 Å². The van der Waals surface area contributed by atoms with Crippen molar-refractivity contribution in [2.24, 2.45) is 29.6 Å². The van der Waals surface area contributed by atoms with Crippen molar-refractivity contribution in [1.82, 2.24) is 4.57 Å². The fourth-order valence-corrected chi connectivity index (χ4v) is 11.2. The molecule has 2 amide bonds. The van der Waals surface area contributed by atoms with Crippen LogP contribution in [0.15, 0.2) is 88.7 Å². The Bertz CT molecular complexity index is 1750. The third kappa shape index (κ3) is 3.76. The Morgan fingerprint density at radius 2 is 1.54 bits per heavy atom. The lowest BCUT2D eigenvalue weighted by Crippen LogP contribution is -2.43. The van der Waals surface area contributed by atoms with Crippen molar-refractivity contribution in [1.29, 1.82) is 0 Å². The number of rotatable bonds is 4. The van der Waals surface area contributed by atoms with Crippen LogP contribution < -0.4 is 9.77 Å². The van der Waals surface area contributed by atoms with E-state index in [0.717, 1.165) is 27.5 Å². The van der Waals surface area contributed by atoms with E-state index in [0.29, 0.717) is 17.3 Å². The molecule has 3 heterocycles. The van der Waals surface area contributed by atoms with Gasteiger partial charge < -0.3 is 0 Å². The molecule has 5 nitrogen and oxygen atoms in total. The van der Waals surface area contributed by atoms with Crippen molar-refractivity contribution in [3.8, 4) is 0 Å². The van der Waals surface area contributed by atoms with Crippen molar-refractivity contribution in [2.45, 2.75) is 29.2 Å². The number of thiazole rings is 1. The summed E-state index contributed by atoms with van der Waals surface area (Å²) in [6, 6.07) is 23.3. The van der Waals surface area contributed by atoms with E-state index in [-0.39, 0.29) is 57.3 Å². The Morgan fingerprint density at radius 1 is 0.854 bits per heavy atom. The maximum atomic E-state index is 14.0. The van der Waals surface area contributed by atoms with E-state index in [4.69, 9.17) is 11.6 Å². The Balaban J connectivity index is 1.23. The zero-order chi connectivity index (χ0) is 28.0. The molecule has 206 valence electrons. The molecule has 41 heavy (non-hydrogen) atoms. The fourth-order valence-electron chi connectivity index (χ4n) is 7.91. The standard InChI is InChI=1S/C32H24ClFN2O3S2/c33-18-8-12-20(13-9-18)36-29(37)25-21-14-22(26(25)30(36)38)27-24(21)23(17-6-10-19(34)11-7-17)28-31(40-27)35(32(39)41-28)15-16-4-2-1-3-5-16/h1-13,21-27H,14-15H2/t21-,22-,23+,24-,25+,26-,27-/m1/s1. The Labute approximate surface area is 249 Å². The average molecular weight is 603 g/mol. The van der Waals surface area contributed by atoms with Crippen LogP contribution in [0.5, 0.6) is 0 Å². The molecule has 0 spiro atoms. The van der Waals surface area contributed by atoms with Gasteiger partial charge in [0.25, 0.3) is 0 Å². The number of amides is 2. The Kier molecular flexibility index (Phi) is 5.85. The van der Waals surface area contributed by atoms with E-state index in [1.165, 1.54) is 28.4 Å². The molecular weight excluding hydrogens is 579 g/mol. The lowest BCUT2D eigenvalue weighted by molar-refractivity contribution is -0.123. The van der Waals surface area contributed by atoms with Crippen molar-refractivity contribution >= 4 is 52.2 Å². The normalized spacial score (nSPS) is 29.5. The van der Waals surface area contributed by atoms with Crippen LogP contribution in [-0.2, 0) is 16.1 Å². The first-order chi connectivity index (χ1) is 19.9. The third-order valence-corrected chi connectivity index (χ3v) is 12.5. The smallest absolute Gasteiger partial charge is 0.289 e. The number of anilines is 1. The van der Waals surface area contributed by atoms with Crippen molar-refractivity contribution < 1.29 is 14.0 Å².